The van der Waals surface area contributed by atoms with Crippen LogP contribution in [-0.2, 0) is 15.8 Å². The summed E-state index contributed by atoms with van der Waals surface area (Å²) in [5.41, 5.74) is 3.02. The van der Waals surface area contributed by atoms with Crippen LogP contribution in [0.25, 0.3) is 27.5 Å². The van der Waals surface area contributed by atoms with Crippen LogP contribution in [0.15, 0.2) is 58.9 Å². The molecule has 2 aromatic carbocycles. The van der Waals surface area contributed by atoms with Crippen LogP contribution in [0.3, 0.4) is 0 Å². The maximum atomic E-state index is 13.3. The topological polar surface area (TPSA) is 64.8 Å². The zero-order valence-electron chi connectivity index (χ0n) is 18.8. The molecule has 4 rings (SSSR count). The lowest BCUT2D eigenvalue weighted by atomic mass is 10.1. The third kappa shape index (κ3) is 6.45. The molecule has 0 aliphatic heterocycles. The summed E-state index contributed by atoms with van der Waals surface area (Å²) < 4.78 is 54.7. The van der Waals surface area contributed by atoms with Gasteiger partial charge >= 0.3 is 12.3 Å². The van der Waals surface area contributed by atoms with E-state index in [0.717, 1.165) is 33.2 Å². The minimum Gasteiger partial charge on any atom is -0.217 e. The Morgan fingerprint density at radius 3 is 2.11 bits per heavy atom. The van der Waals surface area contributed by atoms with Gasteiger partial charge < -0.3 is 0 Å². The van der Waals surface area contributed by atoms with Crippen molar-refractivity contribution in [2.24, 2.45) is 0 Å². The Balaban J connectivity index is 0.00000108. The van der Waals surface area contributed by atoms with E-state index in [9.17, 15) is 17.6 Å². The summed E-state index contributed by atoms with van der Waals surface area (Å²) in [5, 5.41) is 5.45. The van der Waals surface area contributed by atoms with E-state index in [4.69, 9.17) is 14.6 Å². The molecule has 0 bridgehead atoms. The molecule has 5 nitrogen and oxygen atoms in total. The molecule has 0 radical (unpaired) electrons. The second-order valence-electron chi connectivity index (χ2n) is 7.54. The summed E-state index contributed by atoms with van der Waals surface area (Å²) in [6.45, 7) is 5.96. The number of nitrogens with zero attached hydrogens (tertiary/aromatic N) is 3. The molecular weight excluding hydrogens is 502 g/mol. The highest BCUT2D eigenvalue weighted by Gasteiger charge is 2.30. The predicted molar refractivity (Wildman–Crippen MR) is 126 cm³/mol. The maximum absolute atomic E-state index is 13.3. The van der Waals surface area contributed by atoms with Crippen LogP contribution in [0.5, 0.6) is 0 Å². The monoisotopic (exact) mass is 521 g/mol. The SMILES string of the molecule is Cc1nn(-c2nc(-c3ccc(C(F)(F)F)cc3)c(SC(C)C)s2)cc1-c1ccc(F)cc1.O=C=O. The van der Waals surface area contributed by atoms with Crippen LogP contribution in [0.1, 0.15) is 25.1 Å². The first-order valence-corrected chi connectivity index (χ1v) is 11.9. The first-order chi connectivity index (χ1) is 16.5. The molecule has 0 aliphatic rings. The number of thiazole rings is 1. The number of rotatable bonds is 5. The van der Waals surface area contributed by atoms with Gasteiger partial charge in [-0.2, -0.15) is 27.9 Å². The van der Waals surface area contributed by atoms with E-state index in [1.54, 1.807) is 28.6 Å². The van der Waals surface area contributed by atoms with Gasteiger partial charge in [0.15, 0.2) is 0 Å². The zero-order chi connectivity index (χ0) is 25.8. The van der Waals surface area contributed by atoms with Gasteiger partial charge in [0.1, 0.15) is 5.82 Å². The van der Waals surface area contributed by atoms with Gasteiger partial charge in [0.05, 0.1) is 21.2 Å². The molecular formula is C24H19F4N3O2S2. The minimum atomic E-state index is -4.38. The lowest BCUT2D eigenvalue weighted by Gasteiger charge is -2.08. The number of aryl methyl sites for hydroxylation is 1. The van der Waals surface area contributed by atoms with E-state index < -0.39 is 11.7 Å². The molecule has 2 heterocycles. The second-order valence-corrected chi connectivity index (χ2v) is 10.4. The smallest absolute Gasteiger partial charge is 0.217 e. The number of hydrogen-bond acceptors (Lipinski definition) is 6. The molecule has 0 saturated carbocycles. The van der Waals surface area contributed by atoms with Crippen LogP contribution < -0.4 is 0 Å². The summed E-state index contributed by atoms with van der Waals surface area (Å²) in [6, 6.07) is 11.2. The van der Waals surface area contributed by atoms with E-state index in [2.05, 4.69) is 5.10 Å². The molecule has 4 aromatic rings. The Morgan fingerprint density at radius 2 is 1.57 bits per heavy atom. The lowest BCUT2D eigenvalue weighted by Crippen LogP contribution is -2.04. The number of carbonyl (C=O) groups excluding carboxylic acids is 2. The highest BCUT2D eigenvalue weighted by atomic mass is 32.2. The highest BCUT2D eigenvalue weighted by Crippen LogP contribution is 2.40. The van der Waals surface area contributed by atoms with E-state index in [0.29, 0.717) is 16.4 Å². The van der Waals surface area contributed by atoms with Crippen molar-refractivity contribution in [3.8, 4) is 27.5 Å². The summed E-state index contributed by atoms with van der Waals surface area (Å²) in [7, 11) is 0. The molecule has 0 saturated heterocycles. The molecule has 2 aromatic heterocycles. The average Bonchev–Trinajstić information content (AvgIpc) is 3.37. The molecule has 0 amide bonds. The Hall–Kier alpha value is -3.27. The summed E-state index contributed by atoms with van der Waals surface area (Å²) in [5.74, 6) is -0.310. The average molecular weight is 522 g/mol. The number of aromatic nitrogens is 3. The summed E-state index contributed by atoms with van der Waals surface area (Å²) in [4.78, 5) is 21.0. The van der Waals surface area contributed by atoms with Gasteiger partial charge in [-0.05, 0) is 36.8 Å². The van der Waals surface area contributed by atoms with Gasteiger partial charge in [-0.25, -0.2) is 14.1 Å². The first-order valence-electron chi connectivity index (χ1n) is 10.2. The van der Waals surface area contributed by atoms with Gasteiger partial charge in [-0.3, -0.25) is 0 Å². The minimum absolute atomic E-state index is 0.250. The Labute approximate surface area is 206 Å². The van der Waals surface area contributed by atoms with Crippen molar-refractivity contribution in [3.63, 3.8) is 0 Å². The van der Waals surface area contributed by atoms with Crippen molar-refractivity contribution in [1.29, 1.82) is 0 Å². The third-order valence-electron chi connectivity index (χ3n) is 4.66. The summed E-state index contributed by atoms with van der Waals surface area (Å²) in [6.07, 6.45) is -2.30. The van der Waals surface area contributed by atoms with Crippen LogP contribution in [-0.4, -0.2) is 26.2 Å². The van der Waals surface area contributed by atoms with E-state index in [1.807, 2.05) is 27.0 Å². The van der Waals surface area contributed by atoms with Crippen molar-refractivity contribution in [2.45, 2.75) is 36.4 Å². The number of benzene rings is 2. The van der Waals surface area contributed by atoms with Crippen molar-refractivity contribution < 1.29 is 27.2 Å². The fourth-order valence-electron chi connectivity index (χ4n) is 3.16. The predicted octanol–water partition coefficient (Wildman–Crippen LogP) is 7.05. The highest BCUT2D eigenvalue weighted by molar-refractivity contribution is 8.01. The van der Waals surface area contributed by atoms with Crippen LogP contribution in [0.4, 0.5) is 17.6 Å². The first kappa shape index (κ1) is 26.3. The Morgan fingerprint density at radius 1 is 1.00 bits per heavy atom. The number of thioether (sulfide) groups is 1. The molecule has 182 valence electrons. The summed E-state index contributed by atoms with van der Waals surface area (Å²) >= 11 is 3.04. The Kier molecular flexibility index (Phi) is 8.26. The lowest BCUT2D eigenvalue weighted by molar-refractivity contribution is -0.191. The molecule has 0 fully saturated rings. The van der Waals surface area contributed by atoms with Gasteiger partial charge in [0.2, 0.25) is 5.13 Å². The Bertz CT molecular complexity index is 1320. The van der Waals surface area contributed by atoms with Gasteiger partial charge in [-0.15, -0.1) is 11.8 Å². The van der Waals surface area contributed by atoms with E-state index in [-0.39, 0.29) is 17.2 Å². The van der Waals surface area contributed by atoms with Crippen molar-refractivity contribution in [2.75, 3.05) is 0 Å². The van der Waals surface area contributed by atoms with E-state index >= 15 is 0 Å². The molecule has 0 N–H and O–H groups in total. The van der Waals surface area contributed by atoms with Crippen molar-refractivity contribution >= 4 is 29.3 Å². The number of alkyl halides is 3. The van der Waals surface area contributed by atoms with Gasteiger partial charge in [0, 0.05) is 22.6 Å². The quantitative estimate of drug-likeness (QED) is 0.208. The van der Waals surface area contributed by atoms with Crippen molar-refractivity contribution in [1.82, 2.24) is 14.8 Å². The van der Waals surface area contributed by atoms with Crippen LogP contribution >= 0.6 is 23.1 Å². The second kappa shape index (κ2) is 11.0. The molecule has 11 heteroatoms. The third-order valence-corrected chi connectivity index (χ3v) is 6.92. The molecule has 0 spiro atoms. The normalized spacial score (nSPS) is 11.2. The van der Waals surface area contributed by atoms with Crippen LogP contribution in [0, 0.1) is 12.7 Å². The van der Waals surface area contributed by atoms with Crippen molar-refractivity contribution in [3.05, 3.63) is 71.8 Å². The van der Waals surface area contributed by atoms with Gasteiger partial charge in [-0.1, -0.05) is 49.4 Å². The largest absolute Gasteiger partial charge is 0.416 e. The molecule has 0 unspecified atom stereocenters. The molecule has 35 heavy (non-hydrogen) atoms. The zero-order valence-corrected chi connectivity index (χ0v) is 20.4. The van der Waals surface area contributed by atoms with Crippen LogP contribution in [0.2, 0.25) is 0 Å². The molecule has 0 aliphatic carbocycles. The van der Waals surface area contributed by atoms with E-state index in [1.165, 1.54) is 35.6 Å². The number of hydrogen-bond donors (Lipinski definition) is 0. The number of halogens is 4. The fourth-order valence-corrected chi connectivity index (χ4v) is 5.60. The van der Waals surface area contributed by atoms with Gasteiger partial charge in [0.25, 0.3) is 0 Å². The fraction of sp³-hybridized carbons (Fsp3) is 0.208. The molecule has 0 atom stereocenters. The maximum Gasteiger partial charge on any atom is 0.416 e. The standard InChI is InChI=1S/C23H19F4N3S2.CO2/c1-13(2)31-21-20(16-4-8-17(9-5-16)23(25,26)27)28-22(32-21)30-12-19(14(3)29-30)15-6-10-18(24)11-7-15;2-1-3/h4-13H,1-3H3;.